The number of aliphatic hydroxyl groups is 2. The molecule has 0 aromatic carbocycles. The van der Waals surface area contributed by atoms with Crippen LogP contribution >= 0.6 is 0 Å². The van der Waals surface area contributed by atoms with Gasteiger partial charge in [0.2, 0.25) is 0 Å². The normalized spacial score (nSPS) is 38.1. The van der Waals surface area contributed by atoms with Gasteiger partial charge in [-0.1, -0.05) is 6.92 Å². The van der Waals surface area contributed by atoms with E-state index < -0.39 is 24.1 Å². The maximum absolute atomic E-state index is 10.5. The van der Waals surface area contributed by atoms with E-state index in [-0.39, 0.29) is 5.92 Å². The van der Waals surface area contributed by atoms with Crippen LogP contribution < -0.4 is 0 Å². The van der Waals surface area contributed by atoms with Crippen LogP contribution in [0.2, 0.25) is 0 Å². The summed E-state index contributed by atoms with van der Waals surface area (Å²) in [5, 5.41) is 27.2. The molecule has 1 fully saturated rings. The van der Waals surface area contributed by atoms with Crippen molar-refractivity contribution in [3.8, 4) is 0 Å². The molecule has 4 atom stereocenters. The summed E-state index contributed by atoms with van der Waals surface area (Å²) < 4.78 is 0. The lowest BCUT2D eigenvalue weighted by atomic mass is 9.91. The van der Waals surface area contributed by atoms with Crippen LogP contribution in [0.5, 0.6) is 0 Å². The first-order valence-electron chi connectivity index (χ1n) is 4.13. The van der Waals surface area contributed by atoms with Crippen molar-refractivity contribution >= 4 is 5.97 Å². The summed E-state index contributed by atoms with van der Waals surface area (Å²) in [5.41, 5.74) is 0. The van der Waals surface area contributed by atoms with Crippen molar-refractivity contribution in [3.63, 3.8) is 0 Å². The van der Waals surface area contributed by atoms with Crippen LogP contribution in [-0.2, 0) is 4.79 Å². The van der Waals surface area contributed by atoms with Crippen molar-refractivity contribution in [2.24, 2.45) is 11.8 Å². The van der Waals surface area contributed by atoms with Crippen LogP contribution in [0.4, 0.5) is 0 Å². The molecule has 1 aliphatic rings. The van der Waals surface area contributed by atoms with Crippen molar-refractivity contribution in [3.05, 3.63) is 0 Å². The van der Waals surface area contributed by atoms with Crippen LogP contribution in [0.1, 0.15) is 19.8 Å². The Kier molecular flexibility index (Phi) is 2.69. The molecule has 0 amide bonds. The monoisotopic (exact) mass is 174 g/mol. The summed E-state index contributed by atoms with van der Waals surface area (Å²) in [6, 6.07) is 0. The summed E-state index contributed by atoms with van der Waals surface area (Å²) in [6.45, 7) is 1.56. The molecule has 2 unspecified atom stereocenters. The molecule has 0 aliphatic heterocycles. The Balaban J connectivity index is 2.59. The third kappa shape index (κ3) is 1.59. The molecule has 1 aliphatic carbocycles. The molecule has 0 saturated heterocycles. The van der Waals surface area contributed by atoms with Crippen LogP contribution in [0.25, 0.3) is 0 Å². The first-order chi connectivity index (χ1) is 5.54. The minimum atomic E-state index is -0.909. The van der Waals surface area contributed by atoms with Gasteiger partial charge in [0.15, 0.2) is 0 Å². The molecule has 4 nitrogen and oxygen atoms in total. The van der Waals surface area contributed by atoms with E-state index in [1.807, 2.05) is 0 Å². The van der Waals surface area contributed by atoms with Crippen molar-refractivity contribution < 1.29 is 20.1 Å². The molecule has 0 heterocycles. The molecule has 0 aromatic heterocycles. The first kappa shape index (κ1) is 9.48. The number of carboxylic acids is 1. The Bertz CT molecular complexity index is 180. The van der Waals surface area contributed by atoms with Gasteiger partial charge in [0.05, 0.1) is 18.1 Å². The van der Waals surface area contributed by atoms with Crippen molar-refractivity contribution in [2.45, 2.75) is 32.0 Å². The zero-order chi connectivity index (χ0) is 9.30. The zero-order valence-electron chi connectivity index (χ0n) is 6.97. The summed E-state index contributed by atoms with van der Waals surface area (Å²) in [6.07, 6.45) is -0.507. The van der Waals surface area contributed by atoms with E-state index in [1.54, 1.807) is 6.92 Å². The quantitative estimate of drug-likeness (QED) is 0.543. The number of aliphatic carboxylic acids is 1. The predicted octanol–water partition coefficient (Wildman–Crippen LogP) is -0.161. The number of hydrogen-bond donors (Lipinski definition) is 3. The molecular formula is C8H14O4. The molecule has 4 heteroatoms. The van der Waals surface area contributed by atoms with E-state index in [0.29, 0.717) is 12.8 Å². The highest BCUT2D eigenvalue weighted by Crippen LogP contribution is 2.32. The van der Waals surface area contributed by atoms with Gasteiger partial charge in [-0.3, -0.25) is 4.79 Å². The van der Waals surface area contributed by atoms with Gasteiger partial charge in [-0.25, -0.2) is 0 Å². The zero-order valence-corrected chi connectivity index (χ0v) is 6.97. The first-order valence-corrected chi connectivity index (χ1v) is 4.13. The van der Waals surface area contributed by atoms with E-state index in [9.17, 15) is 9.90 Å². The van der Waals surface area contributed by atoms with E-state index in [2.05, 4.69) is 0 Å². The SMILES string of the molecule is CC(C(=O)O)C1CC[C@@H](O)[C@@H]1O. The molecule has 1 saturated carbocycles. The molecule has 0 spiro atoms. The predicted molar refractivity (Wildman–Crippen MR) is 41.5 cm³/mol. The van der Waals surface area contributed by atoms with Gasteiger partial charge >= 0.3 is 5.97 Å². The summed E-state index contributed by atoms with van der Waals surface area (Å²) in [5.74, 6) is -1.78. The summed E-state index contributed by atoms with van der Waals surface area (Å²) in [7, 11) is 0. The highest BCUT2D eigenvalue weighted by atomic mass is 16.4. The van der Waals surface area contributed by atoms with Gasteiger partial charge in [0.25, 0.3) is 0 Å². The van der Waals surface area contributed by atoms with Gasteiger partial charge < -0.3 is 15.3 Å². The average molecular weight is 174 g/mol. The third-order valence-corrected chi connectivity index (χ3v) is 2.66. The molecule has 0 radical (unpaired) electrons. The molecule has 0 bridgehead atoms. The highest BCUT2D eigenvalue weighted by molar-refractivity contribution is 5.70. The second-order valence-electron chi connectivity index (χ2n) is 3.43. The minimum absolute atomic E-state index is 0.294. The summed E-state index contributed by atoms with van der Waals surface area (Å²) in [4.78, 5) is 10.5. The number of carboxylic acid groups (broad SMARTS) is 1. The molecule has 0 aromatic rings. The fourth-order valence-corrected chi connectivity index (χ4v) is 1.72. The van der Waals surface area contributed by atoms with Crippen LogP contribution in [0, 0.1) is 11.8 Å². The smallest absolute Gasteiger partial charge is 0.306 e. The lowest BCUT2D eigenvalue weighted by Crippen LogP contribution is -2.32. The molecule has 3 N–H and O–H groups in total. The van der Waals surface area contributed by atoms with Gasteiger partial charge in [-0.15, -0.1) is 0 Å². The molecular weight excluding hydrogens is 160 g/mol. The second kappa shape index (κ2) is 3.41. The van der Waals surface area contributed by atoms with Crippen LogP contribution in [0.3, 0.4) is 0 Å². The lowest BCUT2D eigenvalue weighted by Gasteiger charge is -2.19. The van der Waals surface area contributed by atoms with E-state index in [0.717, 1.165) is 0 Å². The Morgan fingerprint density at radius 3 is 2.33 bits per heavy atom. The largest absolute Gasteiger partial charge is 0.481 e. The minimum Gasteiger partial charge on any atom is -0.481 e. The fraction of sp³-hybridized carbons (Fsp3) is 0.875. The molecule has 70 valence electrons. The maximum atomic E-state index is 10.5. The lowest BCUT2D eigenvalue weighted by molar-refractivity contribution is -0.144. The Morgan fingerprint density at radius 1 is 1.42 bits per heavy atom. The molecule has 1 rings (SSSR count). The number of aliphatic hydroxyl groups excluding tert-OH is 2. The second-order valence-corrected chi connectivity index (χ2v) is 3.43. The highest BCUT2D eigenvalue weighted by Gasteiger charge is 2.39. The van der Waals surface area contributed by atoms with Gasteiger partial charge in [-0.2, -0.15) is 0 Å². The maximum Gasteiger partial charge on any atom is 0.306 e. The Labute approximate surface area is 70.8 Å². The van der Waals surface area contributed by atoms with Gasteiger partial charge in [0.1, 0.15) is 0 Å². The Morgan fingerprint density at radius 2 is 2.00 bits per heavy atom. The number of hydrogen-bond acceptors (Lipinski definition) is 3. The average Bonchev–Trinajstić information content (AvgIpc) is 2.32. The fourth-order valence-electron chi connectivity index (χ4n) is 1.72. The summed E-state index contributed by atoms with van der Waals surface area (Å²) >= 11 is 0. The van der Waals surface area contributed by atoms with E-state index >= 15 is 0 Å². The van der Waals surface area contributed by atoms with E-state index in [1.165, 1.54) is 0 Å². The topological polar surface area (TPSA) is 77.8 Å². The van der Waals surface area contributed by atoms with Crippen LogP contribution in [-0.4, -0.2) is 33.5 Å². The number of carbonyl (C=O) groups is 1. The van der Waals surface area contributed by atoms with Crippen molar-refractivity contribution in [2.75, 3.05) is 0 Å². The van der Waals surface area contributed by atoms with E-state index in [4.69, 9.17) is 10.2 Å². The van der Waals surface area contributed by atoms with Gasteiger partial charge in [-0.05, 0) is 12.8 Å². The Hall–Kier alpha value is -0.610. The standard InChI is InChI=1S/C8H14O4/c1-4(8(11)12)5-2-3-6(9)7(5)10/h4-7,9-10H,2-3H2,1H3,(H,11,12)/t4?,5?,6-,7-/m1/s1. The number of rotatable bonds is 2. The third-order valence-electron chi connectivity index (χ3n) is 2.66. The van der Waals surface area contributed by atoms with Gasteiger partial charge in [0, 0.05) is 5.92 Å². The van der Waals surface area contributed by atoms with Crippen molar-refractivity contribution in [1.29, 1.82) is 0 Å². The van der Waals surface area contributed by atoms with Crippen molar-refractivity contribution in [1.82, 2.24) is 0 Å². The van der Waals surface area contributed by atoms with Crippen LogP contribution in [0.15, 0.2) is 0 Å². The molecule has 12 heavy (non-hydrogen) atoms.